The maximum Gasteiger partial charge on any atom is 0.485 e. The van der Waals surface area contributed by atoms with E-state index in [9.17, 15) is 26.3 Å². The van der Waals surface area contributed by atoms with E-state index >= 15 is 0 Å². The van der Waals surface area contributed by atoms with Crippen LogP contribution in [0.3, 0.4) is 0 Å². The van der Waals surface area contributed by atoms with Gasteiger partial charge in [-0.2, -0.15) is 35.5 Å². The fourth-order valence-corrected chi connectivity index (χ4v) is 2.55. The number of aryl methyl sites for hydroxylation is 2. The Labute approximate surface area is 202 Å². The van der Waals surface area contributed by atoms with Gasteiger partial charge in [0.05, 0.1) is 19.8 Å². The van der Waals surface area contributed by atoms with Gasteiger partial charge in [-0.1, -0.05) is 0 Å². The molecule has 2 aromatic heterocycles. The van der Waals surface area contributed by atoms with Crippen molar-refractivity contribution in [2.45, 2.75) is 30.7 Å². The zero-order valence-electron chi connectivity index (χ0n) is 18.3. The van der Waals surface area contributed by atoms with Gasteiger partial charge in [-0.3, -0.25) is 0 Å². The standard InChI is InChI=1S/C16H20N2O2.2CHF3O3S/c1-19-10-11-20-13-14-5-6-16-15-4-2-3-7-17(15)8-9-18(16)12-14;2*2-1(3,4)8(5,6)7/h2-7,12H,8-11,13H2,1H3;2*(H,5,6,7)/q+2;;/p-2. The first-order valence-electron chi connectivity index (χ1n) is 9.50. The molecule has 0 saturated carbocycles. The number of methoxy groups -OCH3 is 1. The molecule has 0 atom stereocenters. The molecule has 0 aromatic carbocycles. The van der Waals surface area contributed by atoms with E-state index in [1.165, 1.54) is 17.0 Å². The Balaban J connectivity index is 0.000000337. The summed E-state index contributed by atoms with van der Waals surface area (Å²) < 4.78 is 133. The molecule has 0 saturated heterocycles. The number of hydrogen-bond donors (Lipinski definition) is 0. The zero-order chi connectivity index (χ0) is 27.8. The van der Waals surface area contributed by atoms with E-state index in [0.717, 1.165) is 13.1 Å². The Bertz CT molecular complexity index is 1180. The summed E-state index contributed by atoms with van der Waals surface area (Å²) in [5.74, 6) is 0. The summed E-state index contributed by atoms with van der Waals surface area (Å²) in [6.07, 6.45) is 4.33. The molecule has 0 fully saturated rings. The molecule has 3 rings (SSSR count). The summed E-state index contributed by atoms with van der Waals surface area (Å²) in [6.45, 7) is 3.93. The first-order valence-corrected chi connectivity index (χ1v) is 12.3. The average molecular weight is 570 g/mol. The third-order valence-corrected chi connectivity index (χ3v) is 5.27. The van der Waals surface area contributed by atoms with Gasteiger partial charge in [0.25, 0.3) is 11.4 Å². The molecule has 0 radical (unpaired) electrons. The third-order valence-electron chi connectivity index (χ3n) is 4.14. The van der Waals surface area contributed by atoms with Crippen LogP contribution in [0.15, 0.2) is 42.7 Å². The average Bonchev–Trinajstić information content (AvgIpc) is 2.74. The van der Waals surface area contributed by atoms with Gasteiger partial charge in [-0.25, -0.2) is 16.8 Å². The third kappa shape index (κ3) is 9.94. The minimum absolute atomic E-state index is 0.636. The van der Waals surface area contributed by atoms with Gasteiger partial charge in [0.15, 0.2) is 32.6 Å². The number of rotatable bonds is 5. The van der Waals surface area contributed by atoms with E-state index in [1.54, 1.807) is 7.11 Å². The Hall–Kier alpha value is -2.38. The highest BCUT2D eigenvalue weighted by molar-refractivity contribution is 7.86. The SMILES string of the molecule is COCCOCc1ccc2[n+](c1)CC[n+]1ccccc1-2.O=S(=O)([O-])C(F)(F)F.O=S(=O)([O-])C(F)(F)F. The quantitative estimate of drug-likeness (QED) is 0.172. The Morgan fingerprint density at radius 2 is 1.33 bits per heavy atom. The van der Waals surface area contributed by atoms with E-state index in [1.807, 2.05) is 0 Å². The van der Waals surface area contributed by atoms with Crippen LogP contribution in [0.25, 0.3) is 11.4 Å². The van der Waals surface area contributed by atoms with Crippen molar-refractivity contribution in [2.75, 3.05) is 20.3 Å². The second kappa shape index (κ2) is 12.7. The number of halogens is 6. The van der Waals surface area contributed by atoms with Crippen LogP contribution < -0.4 is 9.13 Å². The van der Waals surface area contributed by atoms with Crippen LogP contribution in [0.5, 0.6) is 0 Å². The number of nitrogens with zero attached hydrogens (tertiary/aromatic N) is 2. The summed E-state index contributed by atoms with van der Waals surface area (Å²) in [4.78, 5) is 0. The van der Waals surface area contributed by atoms with Crippen molar-refractivity contribution >= 4 is 20.2 Å². The maximum absolute atomic E-state index is 10.7. The minimum Gasteiger partial charge on any atom is -0.741 e. The van der Waals surface area contributed by atoms with Crippen molar-refractivity contribution in [2.24, 2.45) is 0 Å². The molecule has 0 N–H and O–H groups in total. The molecule has 1 aliphatic rings. The molecule has 204 valence electrons. The summed E-state index contributed by atoms with van der Waals surface area (Å²) in [7, 11) is -10.5. The van der Waals surface area contributed by atoms with Gasteiger partial charge in [0.2, 0.25) is 13.1 Å². The first kappa shape index (κ1) is 31.6. The lowest BCUT2D eigenvalue weighted by Crippen LogP contribution is -2.53. The highest BCUT2D eigenvalue weighted by atomic mass is 32.2. The molecule has 0 unspecified atom stereocenters. The van der Waals surface area contributed by atoms with E-state index in [4.69, 9.17) is 35.4 Å². The Kier molecular flexibility index (Phi) is 11.2. The van der Waals surface area contributed by atoms with Crippen molar-refractivity contribution < 1.29 is 70.9 Å². The molecular formula is C18H20F6N2O8S2. The van der Waals surface area contributed by atoms with Gasteiger partial charge in [-0.15, -0.1) is 0 Å². The monoisotopic (exact) mass is 570 g/mol. The Morgan fingerprint density at radius 3 is 1.83 bits per heavy atom. The number of pyridine rings is 2. The second-order valence-corrected chi connectivity index (χ2v) is 9.48. The van der Waals surface area contributed by atoms with Crippen LogP contribution in [0.1, 0.15) is 5.56 Å². The number of fused-ring (bicyclic) bond motifs is 3. The molecule has 0 bridgehead atoms. The van der Waals surface area contributed by atoms with Gasteiger partial charge in [0, 0.05) is 30.9 Å². The van der Waals surface area contributed by atoms with E-state index in [0.29, 0.717) is 19.8 Å². The minimum atomic E-state index is -6.09. The van der Waals surface area contributed by atoms with E-state index < -0.39 is 31.3 Å². The van der Waals surface area contributed by atoms with Crippen molar-refractivity contribution in [3.63, 3.8) is 0 Å². The highest BCUT2D eigenvalue weighted by Crippen LogP contribution is 2.21. The van der Waals surface area contributed by atoms with Gasteiger partial charge >= 0.3 is 11.0 Å². The smallest absolute Gasteiger partial charge is 0.485 e. The molecule has 0 amide bonds. The maximum atomic E-state index is 10.7. The van der Waals surface area contributed by atoms with Gasteiger partial charge in [0.1, 0.15) is 0 Å². The fraction of sp³-hybridized carbons (Fsp3) is 0.444. The lowest BCUT2D eigenvalue weighted by molar-refractivity contribution is -0.795. The predicted molar refractivity (Wildman–Crippen MR) is 105 cm³/mol. The van der Waals surface area contributed by atoms with Gasteiger partial charge in [-0.05, 0) is 12.1 Å². The zero-order valence-corrected chi connectivity index (χ0v) is 20.0. The summed E-state index contributed by atoms with van der Waals surface area (Å²) in [5.41, 5.74) is -7.56. The molecular weight excluding hydrogens is 550 g/mol. The lowest BCUT2D eigenvalue weighted by atomic mass is 10.1. The summed E-state index contributed by atoms with van der Waals surface area (Å²) in [5, 5.41) is 0. The molecule has 0 spiro atoms. The van der Waals surface area contributed by atoms with Crippen LogP contribution in [0, 0.1) is 0 Å². The molecule has 0 aliphatic carbocycles. The van der Waals surface area contributed by atoms with Crippen molar-refractivity contribution in [1.82, 2.24) is 0 Å². The van der Waals surface area contributed by atoms with Crippen LogP contribution in [-0.4, -0.2) is 57.3 Å². The van der Waals surface area contributed by atoms with E-state index in [2.05, 4.69) is 51.9 Å². The molecule has 10 nitrogen and oxygen atoms in total. The van der Waals surface area contributed by atoms with Crippen molar-refractivity contribution in [3.05, 3.63) is 48.3 Å². The molecule has 18 heteroatoms. The largest absolute Gasteiger partial charge is 0.741 e. The topological polar surface area (TPSA) is 141 Å². The van der Waals surface area contributed by atoms with Crippen LogP contribution in [0.4, 0.5) is 26.3 Å². The fourth-order valence-electron chi connectivity index (χ4n) is 2.55. The molecule has 36 heavy (non-hydrogen) atoms. The van der Waals surface area contributed by atoms with Crippen LogP contribution in [0.2, 0.25) is 0 Å². The predicted octanol–water partition coefficient (Wildman–Crippen LogP) is 1.21. The molecule has 3 heterocycles. The summed E-state index contributed by atoms with van der Waals surface area (Å²) in [6, 6.07) is 10.7. The van der Waals surface area contributed by atoms with Gasteiger partial charge < -0.3 is 18.6 Å². The number of aromatic nitrogens is 2. The first-order chi connectivity index (χ1) is 16.4. The summed E-state index contributed by atoms with van der Waals surface area (Å²) >= 11 is 0. The van der Waals surface area contributed by atoms with Crippen molar-refractivity contribution in [3.8, 4) is 11.4 Å². The van der Waals surface area contributed by atoms with Crippen molar-refractivity contribution in [1.29, 1.82) is 0 Å². The highest BCUT2D eigenvalue weighted by Gasteiger charge is 2.37. The number of alkyl halides is 6. The van der Waals surface area contributed by atoms with Crippen LogP contribution >= 0.6 is 0 Å². The second-order valence-electron chi connectivity index (χ2n) is 6.74. The Morgan fingerprint density at radius 1 is 0.833 bits per heavy atom. The van der Waals surface area contributed by atoms with E-state index in [-0.39, 0.29) is 0 Å². The molecule has 1 aliphatic heterocycles. The van der Waals surface area contributed by atoms with Crippen LogP contribution in [-0.2, 0) is 49.4 Å². The number of ether oxygens (including phenoxy) is 2. The lowest BCUT2D eigenvalue weighted by Gasteiger charge is -2.10. The number of hydrogen-bond acceptors (Lipinski definition) is 8. The molecule has 2 aromatic rings. The normalized spacial score (nSPS) is 13.4.